The van der Waals surface area contributed by atoms with Crippen LogP contribution in [0.4, 0.5) is 0 Å². The molecule has 1 aromatic heterocycles. The second-order valence-corrected chi connectivity index (χ2v) is 8.76. The molecule has 1 N–H and O–H groups in total. The number of sulfonamides is 1. The molecule has 0 atom stereocenters. The number of hydrogen-bond donors (Lipinski definition) is 1. The monoisotopic (exact) mass is 468 g/mol. The van der Waals surface area contributed by atoms with E-state index in [2.05, 4.69) is 15.5 Å². The molecule has 0 aliphatic carbocycles. The molecule has 9 nitrogen and oxygen atoms in total. The summed E-state index contributed by atoms with van der Waals surface area (Å²) in [5.74, 6) is -0.105. The normalized spacial score (nSPS) is 11.5. The third-order valence-corrected chi connectivity index (χ3v) is 6.43. The second-order valence-electron chi connectivity index (χ2n) is 6.85. The molecular weight excluding hydrogens is 444 g/mol. The molecule has 3 rings (SSSR count). The van der Waals surface area contributed by atoms with E-state index in [9.17, 15) is 13.2 Å². The van der Waals surface area contributed by atoms with Crippen molar-refractivity contribution in [3.05, 3.63) is 84.2 Å². The lowest BCUT2D eigenvalue weighted by atomic mass is 10.2. The highest BCUT2D eigenvalue weighted by Gasteiger charge is 2.30. The van der Waals surface area contributed by atoms with Gasteiger partial charge in [-0.25, -0.2) is 13.8 Å². The minimum absolute atomic E-state index is 0.0228. The van der Waals surface area contributed by atoms with Gasteiger partial charge in [0, 0.05) is 25.0 Å². The van der Waals surface area contributed by atoms with Gasteiger partial charge >= 0.3 is 0 Å². The number of amides is 1. The Morgan fingerprint density at radius 2 is 1.79 bits per heavy atom. The number of pyridine rings is 1. The van der Waals surface area contributed by atoms with Gasteiger partial charge in [0.2, 0.25) is 10.0 Å². The third kappa shape index (κ3) is 6.37. The van der Waals surface area contributed by atoms with Crippen molar-refractivity contribution in [2.75, 3.05) is 20.8 Å². The van der Waals surface area contributed by atoms with Crippen LogP contribution in [-0.4, -0.2) is 50.6 Å². The number of hydrogen-bond acceptors (Lipinski definition) is 7. The van der Waals surface area contributed by atoms with Crippen LogP contribution in [0.3, 0.4) is 0 Å². The van der Waals surface area contributed by atoms with Gasteiger partial charge < -0.3 is 9.47 Å². The summed E-state index contributed by atoms with van der Waals surface area (Å²) in [7, 11) is -1.32. The average molecular weight is 469 g/mol. The van der Waals surface area contributed by atoms with Crippen LogP contribution in [-0.2, 0) is 21.4 Å². The number of hydrazone groups is 1. The lowest BCUT2D eigenvalue weighted by Gasteiger charge is -2.23. The van der Waals surface area contributed by atoms with Crippen LogP contribution >= 0.6 is 0 Å². The summed E-state index contributed by atoms with van der Waals surface area (Å²) in [5.41, 5.74) is 3.82. The molecule has 3 aromatic rings. The molecule has 0 unspecified atom stereocenters. The van der Waals surface area contributed by atoms with Crippen LogP contribution in [0.15, 0.2) is 83.1 Å². The van der Waals surface area contributed by atoms with Gasteiger partial charge in [-0.2, -0.15) is 9.41 Å². The van der Waals surface area contributed by atoms with E-state index in [-0.39, 0.29) is 17.2 Å². The Morgan fingerprint density at radius 3 is 2.45 bits per heavy atom. The van der Waals surface area contributed by atoms with E-state index in [4.69, 9.17) is 9.47 Å². The number of nitrogens with zero attached hydrogens (tertiary/aromatic N) is 3. The predicted molar refractivity (Wildman–Crippen MR) is 124 cm³/mol. The van der Waals surface area contributed by atoms with Gasteiger partial charge in [0.15, 0.2) is 0 Å². The molecule has 0 fully saturated rings. The van der Waals surface area contributed by atoms with Gasteiger partial charge in [-0.1, -0.05) is 30.3 Å². The zero-order valence-electron chi connectivity index (χ0n) is 18.2. The van der Waals surface area contributed by atoms with E-state index < -0.39 is 22.5 Å². The maximum absolute atomic E-state index is 13.6. The minimum atomic E-state index is -4.14. The average Bonchev–Trinajstić information content (AvgIpc) is 2.84. The van der Waals surface area contributed by atoms with Crippen molar-refractivity contribution in [3.8, 4) is 11.5 Å². The fourth-order valence-corrected chi connectivity index (χ4v) is 4.52. The van der Waals surface area contributed by atoms with Crippen LogP contribution in [0.1, 0.15) is 11.1 Å². The molecule has 10 heteroatoms. The summed E-state index contributed by atoms with van der Waals surface area (Å²) >= 11 is 0. The molecule has 33 heavy (non-hydrogen) atoms. The smallest absolute Gasteiger partial charge is 0.255 e. The summed E-state index contributed by atoms with van der Waals surface area (Å²) in [6.07, 6.45) is 4.64. The Balaban J connectivity index is 1.87. The molecule has 0 spiro atoms. The molecule has 1 heterocycles. The van der Waals surface area contributed by atoms with Crippen molar-refractivity contribution in [1.29, 1.82) is 0 Å². The Morgan fingerprint density at radius 1 is 1.06 bits per heavy atom. The van der Waals surface area contributed by atoms with Crippen molar-refractivity contribution in [1.82, 2.24) is 14.7 Å². The fraction of sp³-hybridized carbons (Fsp3) is 0.174. The predicted octanol–water partition coefficient (Wildman–Crippen LogP) is 2.44. The maximum atomic E-state index is 13.6. The number of benzene rings is 2. The first-order valence-corrected chi connectivity index (χ1v) is 11.4. The van der Waals surface area contributed by atoms with Crippen molar-refractivity contribution < 1.29 is 22.7 Å². The Labute approximate surface area is 192 Å². The van der Waals surface area contributed by atoms with E-state index in [1.807, 2.05) is 6.07 Å². The number of nitrogens with one attached hydrogen (secondary N) is 1. The number of aromatic nitrogens is 1. The Kier molecular flexibility index (Phi) is 8.11. The molecule has 2 aromatic carbocycles. The second kappa shape index (κ2) is 11.2. The van der Waals surface area contributed by atoms with Crippen molar-refractivity contribution in [2.24, 2.45) is 5.10 Å². The van der Waals surface area contributed by atoms with E-state index in [1.54, 1.807) is 54.9 Å². The van der Waals surface area contributed by atoms with E-state index in [0.29, 0.717) is 5.75 Å². The van der Waals surface area contributed by atoms with Gasteiger partial charge in [-0.3, -0.25) is 9.78 Å². The fourth-order valence-electron chi connectivity index (χ4n) is 2.96. The van der Waals surface area contributed by atoms with E-state index in [0.717, 1.165) is 15.4 Å². The van der Waals surface area contributed by atoms with Gasteiger partial charge in [0.25, 0.3) is 5.91 Å². The molecule has 0 bridgehead atoms. The third-order valence-electron chi connectivity index (χ3n) is 4.62. The molecular formula is C23H24N4O5S. The zero-order valence-corrected chi connectivity index (χ0v) is 19.0. The van der Waals surface area contributed by atoms with Gasteiger partial charge in [0.05, 0.1) is 27.0 Å². The number of methoxy groups -OCH3 is 2. The lowest BCUT2D eigenvalue weighted by Crippen LogP contribution is -2.39. The molecule has 1 amide bonds. The first-order valence-electron chi connectivity index (χ1n) is 9.92. The molecule has 0 aliphatic heterocycles. The SMILES string of the molecule is COc1ccc(OC)c(S(=O)(=O)N(CC(=O)N/N=C/c2ccncc2)Cc2ccccc2)c1. The maximum Gasteiger partial charge on any atom is 0.255 e. The lowest BCUT2D eigenvalue weighted by molar-refractivity contribution is -0.121. The van der Waals surface area contributed by atoms with Crippen LogP contribution in [0.2, 0.25) is 0 Å². The first kappa shape index (κ1) is 23.9. The van der Waals surface area contributed by atoms with Crippen LogP contribution in [0, 0.1) is 0 Å². The number of carbonyl (C=O) groups is 1. The molecule has 0 saturated heterocycles. The van der Waals surface area contributed by atoms with Gasteiger partial charge in [0.1, 0.15) is 16.4 Å². The van der Waals surface area contributed by atoms with Gasteiger partial charge in [-0.05, 0) is 35.4 Å². The first-order chi connectivity index (χ1) is 15.9. The summed E-state index contributed by atoms with van der Waals surface area (Å²) in [5, 5.41) is 3.90. The standard InChI is InChI=1S/C23H24N4O5S/c1-31-20-8-9-21(32-2)22(14-20)33(29,30)27(16-19-6-4-3-5-7-19)17-23(28)26-25-15-18-10-12-24-13-11-18/h3-15H,16-17H2,1-2H3,(H,26,28)/b25-15+. The highest BCUT2D eigenvalue weighted by Crippen LogP contribution is 2.31. The molecule has 0 aliphatic rings. The largest absolute Gasteiger partial charge is 0.497 e. The Bertz CT molecular complexity index is 1200. The van der Waals surface area contributed by atoms with Gasteiger partial charge in [-0.15, -0.1) is 0 Å². The Hall–Kier alpha value is -3.76. The summed E-state index contributed by atoms with van der Waals surface area (Å²) in [6, 6.07) is 16.9. The number of carbonyl (C=O) groups excluding carboxylic acids is 1. The van der Waals surface area contributed by atoms with E-state index >= 15 is 0 Å². The van der Waals surface area contributed by atoms with E-state index in [1.165, 1.54) is 32.6 Å². The molecule has 172 valence electrons. The highest BCUT2D eigenvalue weighted by molar-refractivity contribution is 7.89. The topological polar surface area (TPSA) is 110 Å². The minimum Gasteiger partial charge on any atom is -0.497 e. The number of rotatable bonds is 10. The summed E-state index contributed by atoms with van der Waals surface area (Å²) < 4.78 is 38.7. The summed E-state index contributed by atoms with van der Waals surface area (Å²) in [4.78, 5) is 16.4. The molecule has 0 saturated carbocycles. The zero-order chi connectivity index (χ0) is 23.7. The van der Waals surface area contributed by atoms with Crippen LogP contribution < -0.4 is 14.9 Å². The molecule has 0 radical (unpaired) electrons. The van der Waals surface area contributed by atoms with Crippen LogP contribution in [0.25, 0.3) is 0 Å². The highest BCUT2D eigenvalue weighted by atomic mass is 32.2. The van der Waals surface area contributed by atoms with Crippen molar-refractivity contribution in [2.45, 2.75) is 11.4 Å². The van der Waals surface area contributed by atoms with Crippen molar-refractivity contribution >= 4 is 22.1 Å². The quantitative estimate of drug-likeness (QED) is 0.362. The summed E-state index contributed by atoms with van der Waals surface area (Å²) in [6.45, 7) is -0.476. The van der Waals surface area contributed by atoms with Crippen molar-refractivity contribution in [3.63, 3.8) is 0 Å². The van der Waals surface area contributed by atoms with Crippen LogP contribution in [0.5, 0.6) is 11.5 Å². The number of ether oxygens (including phenoxy) is 2.